The largest absolute Gasteiger partial charge is 0.744 e. The summed E-state index contributed by atoms with van der Waals surface area (Å²) in [6.45, 7) is 3.52. The molecule has 7 unspecified atom stereocenters. The van der Waals surface area contributed by atoms with E-state index < -0.39 is 104 Å². The number of hydrogen-bond donors (Lipinski definition) is 0. The number of esters is 2. The molecule has 0 aromatic heterocycles. The van der Waals surface area contributed by atoms with Crippen LogP contribution < -0.4 is 4.74 Å². The molecule has 0 N–H and O–H groups in total. The Bertz CT molecular complexity index is 2010. The number of ether oxygens (including phenoxy) is 2. The van der Waals surface area contributed by atoms with E-state index in [-0.39, 0.29) is 24.3 Å². The summed E-state index contributed by atoms with van der Waals surface area (Å²) in [5.41, 5.74) is 4.32. The first-order valence-corrected chi connectivity index (χ1v) is 17.4. The zero-order chi connectivity index (χ0) is 34.8. The molecule has 1 amide bonds. The molecule has 2 saturated carbocycles. The third kappa shape index (κ3) is 4.38. The summed E-state index contributed by atoms with van der Waals surface area (Å²) >= 11 is 0. The van der Waals surface area contributed by atoms with E-state index in [1.165, 1.54) is 0 Å². The highest BCUT2D eigenvalue weighted by Gasteiger charge is 2.71. The maximum atomic E-state index is 14.8. The highest BCUT2D eigenvalue weighted by atomic mass is 32.2. The minimum Gasteiger partial charge on any atom is -0.744 e. The van der Waals surface area contributed by atoms with Crippen LogP contribution in [0, 0.1) is 52.9 Å². The number of amides is 1. The molecule has 3 aromatic rings. The number of halogens is 4. The highest BCUT2D eigenvalue weighted by molar-refractivity contribution is 7.85. The normalized spacial score (nSPS) is 30.5. The Balaban J connectivity index is 1.12. The lowest BCUT2D eigenvalue weighted by Crippen LogP contribution is -2.50. The van der Waals surface area contributed by atoms with Gasteiger partial charge in [-0.15, -0.1) is 0 Å². The molecule has 1 saturated heterocycles. The third-order valence-corrected chi connectivity index (χ3v) is 12.1. The van der Waals surface area contributed by atoms with Gasteiger partial charge in [-0.25, -0.2) is 17.2 Å². The third-order valence-electron chi connectivity index (χ3n) is 11.2. The van der Waals surface area contributed by atoms with E-state index in [9.17, 15) is 44.9 Å². The Labute approximate surface area is 277 Å². The summed E-state index contributed by atoms with van der Waals surface area (Å²) in [4.78, 5) is 40.8. The van der Waals surface area contributed by atoms with Crippen molar-refractivity contribution in [2.24, 2.45) is 29.6 Å². The second-order valence-corrected chi connectivity index (χ2v) is 15.1. The zero-order valence-corrected chi connectivity index (χ0v) is 26.8. The Morgan fingerprint density at radius 2 is 1.39 bits per heavy atom. The van der Waals surface area contributed by atoms with Gasteiger partial charge in [0, 0.05) is 23.8 Å². The molecule has 256 valence electrons. The van der Waals surface area contributed by atoms with E-state index in [4.69, 9.17) is 9.47 Å². The number of carbonyl (C=O) groups excluding carboxylic acids is 3. The van der Waals surface area contributed by atoms with Crippen LogP contribution in [0.1, 0.15) is 60.8 Å². The second kappa shape index (κ2) is 10.8. The minimum atomic E-state index is -5.99. The van der Waals surface area contributed by atoms with Crippen molar-refractivity contribution in [3.63, 3.8) is 0 Å². The molecule has 4 bridgehead atoms. The van der Waals surface area contributed by atoms with Crippen molar-refractivity contribution >= 4 is 28.0 Å². The summed E-state index contributed by atoms with van der Waals surface area (Å²) in [6.07, 6.45) is -0.289. The average molecular weight is 699 g/mol. The van der Waals surface area contributed by atoms with Gasteiger partial charge in [-0.2, -0.15) is 8.78 Å². The van der Waals surface area contributed by atoms with Crippen LogP contribution >= 0.6 is 0 Å². The van der Waals surface area contributed by atoms with Crippen molar-refractivity contribution < 1.29 is 54.4 Å². The molecular formula is C35H28F4NO8S-. The zero-order valence-electron chi connectivity index (χ0n) is 25.9. The Morgan fingerprint density at radius 3 is 1.92 bits per heavy atom. The summed E-state index contributed by atoms with van der Waals surface area (Å²) in [5, 5.41) is 0. The first kappa shape index (κ1) is 31.9. The van der Waals surface area contributed by atoms with Gasteiger partial charge in [0.25, 0.3) is 0 Å². The van der Waals surface area contributed by atoms with Gasteiger partial charge in [0.1, 0.15) is 21.1 Å². The molecule has 0 radical (unpaired) electrons. The molecule has 0 spiro atoms. The number of likely N-dealkylation sites (tertiary alicyclic amines) is 1. The SMILES string of the molecule is CC(C)N1C(=O)C2C3CC(C(OC(=O)C4CC5c6ccccc6C4c4ccccc45)C31)C2C(=O)Oc1c(F)c(F)c(S(=O)(=O)[O-])c(F)c1F. The number of benzene rings is 3. The van der Waals surface area contributed by atoms with E-state index in [0.29, 0.717) is 6.42 Å². The summed E-state index contributed by atoms with van der Waals surface area (Å²) in [6, 6.07) is 14.9. The van der Waals surface area contributed by atoms with Crippen LogP contribution in [-0.4, -0.2) is 53.9 Å². The first-order valence-electron chi connectivity index (χ1n) is 16.0. The Morgan fingerprint density at radius 1 is 0.837 bits per heavy atom. The lowest BCUT2D eigenvalue weighted by Gasteiger charge is -2.45. The van der Waals surface area contributed by atoms with Gasteiger partial charge in [-0.3, -0.25) is 14.4 Å². The van der Waals surface area contributed by atoms with Crippen LogP contribution in [0.15, 0.2) is 53.4 Å². The first-order chi connectivity index (χ1) is 23.2. The lowest BCUT2D eigenvalue weighted by molar-refractivity contribution is -0.165. The molecule has 3 aromatic carbocycles. The predicted molar refractivity (Wildman–Crippen MR) is 159 cm³/mol. The fraction of sp³-hybridized carbons (Fsp3) is 0.400. The van der Waals surface area contributed by atoms with Gasteiger partial charge in [0.2, 0.25) is 23.3 Å². The van der Waals surface area contributed by atoms with E-state index in [1.807, 2.05) is 36.4 Å². The summed E-state index contributed by atoms with van der Waals surface area (Å²) in [5.74, 6) is -18.9. The van der Waals surface area contributed by atoms with Crippen LogP contribution in [-0.2, 0) is 29.2 Å². The predicted octanol–water partition coefficient (Wildman–Crippen LogP) is 4.76. The van der Waals surface area contributed by atoms with Gasteiger partial charge in [0.05, 0.1) is 23.8 Å². The molecule has 14 heteroatoms. The number of carbonyl (C=O) groups is 3. The summed E-state index contributed by atoms with van der Waals surface area (Å²) < 4.78 is 104. The molecule has 49 heavy (non-hydrogen) atoms. The number of fused-ring (bicyclic) bond motifs is 2. The lowest BCUT2D eigenvalue weighted by atomic mass is 9.59. The fourth-order valence-corrected chi connectivity index (χ4v) is 10.2. The molecule has 1 aliphatic heterocycles. The molecule has 3 fully saturated rings. The van der Waals surface area contributed by atoms with Gasteiger partial charge in [-0.1, -0.05) is 48.5 Å². The van der Waals surface area contributed by atoms with Crippen LogP contribution in [0.4, 0.5) is 17.6 Å². The molecule has 7 atom stereocenters. The smallest absolute Gasteiger partial charge is 0.315 e. The maximum Gasteiger partial charge on any atom is 0.315 e. The fourth-order valence-electron chi connectivity index (χ4n) is 9.58. The molecular weight excluding hydrogens is 670 g/mol. The van der Waals surface area contributed by atoms with Gasteiger partial charge in [0.15, 0.2) is 11.6 Å². The molecule has 5 aliphatic carbocycles. The van der Waals surface area contributed by atoms with E-state index in [1.54, 1.807) is 18.7 Å². The van der Waals surface area contributed by atoms with Crippen LogP contribution in [0.2, 0.25) is 0 Å². The van der Waals surface area contributed by atoms with Crippen LogP contribution in [0.25, 0.3) is 0 Å². The Kier molecular flexibility index (Phi) is 7.07. The van der Waals surface area contributed by atoms with E-state index in [0.717, 1.165) is 22.3 Å². The molecule has 1 heterocycles. The standard InChI is InChI=1S/C35H29F4NO8S/c1-13(2)40-29-19-12-20(24(23(19)33(40)41)35(43)48-31-25(36)27(38)32(49(44,45)46)28(39)26(31)37)30(29)47-34(42)21-11-18-14-7-3-5-9-16(14)22(21)17-10-6-4-8-15(17)18/h3-10,13,18-24,29-30H,11-12H2,1-2H3,(H,44,45,46)/p-1. The van der Waals surface area contributed by atoms with Gasteiger partial charge < -0.3 is 18.9 Å². The van der Waals surface area contributed by atoms with Crippen molar-refractivity contribution in [1.29, 1.82) is 0 Å². The second-order valence-electron chi connectivity index (χ2n) is 13.8. The monoisotopic (exact) mass is 698 g/mol. The number of rotatable bonds is 6. The van der Waals surface area contributed by atoms with Crippen molar-refractivity contribution in [3.05, 3.63) is 94.1 Å². The van der Waals surface area contributed by atoms with E-state index in [2.05, 4.69) is 12.1 Å². The van der Waals surface area contributed by atoms with Crippen molar-refractivity contribution in [2.75, 3.05) is 0 Å². The molecule has 9 rings (SSSR count). The molecule has 6 aliphatic rings. The van der Waals surface area contributed by atoms with Gasteiger partial charge >= 0.3 is 11.9 Å². The van der Waals surface area contributed by atoms with Crippen molar-refractivity contribution in [3.8, 4) is 5.75 Å². The Hall–Kier alpha value is -4.30. The number of hydrogen-bond acceptors (Lipinski definition) is 8. The van der Waals surface area contributed by atoms with Crippen LogP contribution in [0.5, 0.6) is 5.75 Å². The van der Waals surface area contributed by atoms with Crippen LogP contribution in [0.3, 0.4) is 0 Å². The van der Waals surface area contributed by atoms with Gasteiger partial charge in [-0.05, 0) is 54.9 Å². The number of nitrogens with zero attached hydrogens (tertiary/aromatic N) is 1. The maximum absolute atomic E-state index is 14.8. The van der Waals surface area contributed by atoms with Crippen molar-refractivity contribution in [2.45, 2.75) is 61.6 Å². The highest BCUT2D eigenvalue weighted by Crippen LogP contribution is 2.61. The van der Waals surface area contributed by atoms with E-state index >= 15 is 0 Å². The average Bonchev–Trinajstić information content (AvgIpc) is 3.68. The minimum absolute atomic E-state index is 0.0455. The topological polar surface area (TPSA) is 130 Å². The molecule has 9 nitrogen and oxygen atoms in total. The quantitative estimate of drug-likeness (QED) is 0.119. The van der Waals surface area contributed by atoms with Crippen molar-refractivity contribution in [1.82, 2.24) is 4.90 Å². The summed E-state index contributed by atoms with van der Waals surface area (Å²) in [7, 11) is -5.99.